The summed E-state index contributed by atoms with van der Waals surface area (Å²) in [7, 11) is 0. The lowest BCUT2D eigenvalue weighted by Crippen LogP contribution is -2.24. The molecule has 0 N–H and O–H groups in total. The van der Waals surface area contributed by atoms with Gasteiger partial charge in [0.2, 0.25) is 0 Å². The third-order valence-corrected chi connectivity index (χ3v) is 1.21. The van der Waals surface area contributed by atoms with Gasteiger partial charge in [-0.25, -0.2) is 9.78 Å². The van der Waals surface area contributed by atoms with Crippen molar-refractivity contribution in [1.29, 1.82) is 0 Å². The number of hydrogen-bond donors (Lipinski definition) is 0. The van der Waals surface area contributed by atoms with Crippen LogP contribution in [0.1, 0.15) is 31.3 Å². The summed E-state index contributed by atoms with van der Waals surface area (Å²) in [5.74, 6) is -0.413. The summed E-state index contributed by atoms with van der Waals surface area (Å²) in [6.45, 7) is 5.45. The molecule has 69 valence electrons. The van der Waals surface area contributed by atoms with Gasteiger partial charge in [-0.1, -0.05) is 0 Å². The van der Waals surface area contributed by atoms with E-state index in [4.69, 9.17) is 4.74 Å². The van der Waals surface area contributed by atoms with Gasteiger partial charge in [0.1, 0.15) is 11.3 Å². The molecule has 0 aliphatic rings. The maximum absolute atomic E-state index is 11.4. The lowest BCUT2D eigenvalue weighted by atomic mass is 10.2. The molecule has 0 unspecified atom stereocenters. The van der Waals surface area contributed by atoms with Crippen LogP contribution in [-0.4, -0.2) is 16.6 Å². The van der Waals surface area contributed by atoms with Gasteiger partial charge in [0.15, 0.2) is 0 Å². The summed E-state index contributed by atoms with van der Waals surface area (Å²) in [6, 6.07) is 5.91. The normalized spacial score (nSPS) is 11.0. The number of hydrogen-bond acceptors (Lipinski definition) is 3. The summed E-state index contributed by atoms with van der Waals surface area (Å²) in [5, 5.41) is 0. The minimum atomic E-state index is -0.478. The van der Waals surface area contributed by atoms with E-state index < -0.39 is 11.6 Å². The Bertz CT molecular complexity index is 288. The number of carbonyl (C=O) groups is 1. The van der Waals surface area contributed by atoms with Crippen LogP contribution < -0.4 is 0 Å². The van der Waals surface area contributed by atoms with Crippen molar-refractivity contribution < 1.29 is 9.53 Å². The molecule has 0 spiro atoms. The molecular weight excluding hydrogens is 166 g/mol. The molecule has 0 amide bonds. The Morgan fingerprint density at radius 1 is 1.54 bits per heavy atom. The van der Waals surface area contributed by atoms with Gasteiger partial charge in [0.25, 0.3) is 0 Å². The molecule has 0 aliphatic heterocycles. The average molecular weight is 178 g/mol. The minimum Gasteiger partial charge on any atom is -0.455 e. The fourth-order valence-electron chi connectivity index (χ4n) is 0.767. The minimum absolute atomic E-state index is 0.289. The second kappa shape index (κ2) is 3.56. The van der Waals surface area contributed by atoms with Crippen molar-refractivity contribution in [3.8, 4) is 0 Å². The first-order chi connectivity index (χ1) is 5.99. The second-order valence-corrected chi connectivity index (χ2v) is 3.64. The number of pyridine rings is 1. The van der Waals surface area contributed by atoms with E-state index in [9.17, 15) is 4.79 Å². The quantitative estimate of drug-likeness (QED) is 0.616. The van der Waals surface area contributed by atoms with Crippen molar-refractivity contribution in [2.24, 2.45) is 0 Å². The topological polar surface area (TPSA) is 39.2 Å². The van der Waals surface area contributed by atoms with E-state index in [0.29, 0.717) is 0 Å². The largest absolute Gasteiger partial charge is 0.455 e. The monoisotopic (exact) mass is 178 g/mol. The molecule has 1 aromatic heterocycles. The van der Waals surface area contributed by atoms with Gasteiger partial charge in [0, 0.05) is 6.20 Å². The summed E-state index contributed by atoms with van der Waals surface area (Å²) < 4.78 is 5.10. The SMILES string of the molecule is CC(C)(C)OC(=O)c1c[c]ccn1. The zero-order chi connectivity index (χ0) is 9.90. The Morgan fingerprint density at radius 2 is 2.23 bits per heavy atom. The predicted molar refractivity (Wildman–Crippen MR) is 48.2 cm³/mol. The molecular formula is C10H12NO2. The molecule has 1 aromatic rings. The Kier molecular flexibility index (Phi) is 2.66. The highest BCUT2D eigenvalue weighted by Crippen LogP contribution is 2.09. The van der Waals surface area contributed by atoms with E-state index in [0.717, 1.165) is 0 Å². The Balaban J connectivity index is 2.71. The van der Waals surface area contributed by atoms with Gasteiger partial charge < -0.3 is 4.74 Å². The summed E-state index contributed by atoms with van der Waals surface area (Å²) in [4.78, 5) is 15.2. The number of carbonyl (C=O) groups excluding carboxylic acids is 1. The molecule has 3 heteroatoms. The zero-order valence-corrected chi connectivity index (χ0v) is 8.00. The number of esters is 1. The van der Waals surface area contributed by atoms with Crippen LogP contribution in [0.15, 0.2) is 18.3 Å². The zero-order valence-electron chi connectivity index (χ0n) is 8.00. The highest BCUT2D eigenvalue weighted by Gasteiger charge is 2.18. The summed E-state index contributed by atoms with van der Waals surface area (Å²) in [5.41, 5.74) is -0.188. The molecule has 0 atom stereocenters. The van der Waals surface area contributed by atoms with Crippen LogP contribution in [0.5, 0.6) is 0 Å². The third-order valence-electron chi connectivity index (χ3n) is 1.21. The van der Waals surface area contributed by atoms with E-state index in [1.807, 2.05) is 20.8 Å². The van der Waals surface area contributed by atoms with Gasteiger partial charge >= 0.3 is 5.97 Å². The lowest BCUT2D eigenvalue weighted by Gasteiger charge is -2.18. The Morgan fingerprint density at radius 3 is 2.69 bits per heavy atom. The number of aromatic nitrogens is 1. The first kappa shape index (κ1) is 9.71. The fourth-order valence-corrected chi connectivity index (χ4v) is 0.767. The smallest absolute Gasteiger partial charge is 0.357 e. The molecule has 1 rings (SSSR count). The van der Waals surface area contributed by atoms with Gasteiger partial charge in [-0.2, -0.15) is 0 Å². The molecule has 0 saturated carbocycles. The van der Waals surface area contributed by atoms with Crippen LogP contribution in [0.25, 0.3) is 0 Å². The van der Waals surface area contributed by atoms with Crippen LogP contribution >= 0.6 is 0 Å². The van der Waals surface area contributed by atoms with Crippen LogP contribution in [0, 0.1) is 6.07 Å². The predicted octanol–water partition coefficient (Wildman–Crippen LogP) is 1.84. The van der Waals surface area contributed by atoms with Crippen molar-refractivity contribution in [3.05, 3.63) is 30.1 Å². The second-order valence-electron chi connectivity index (χ2n) is 3.64. The van der Waals surface area contributed by atoms with Crippen molar-refractivity contribution in [2.45, 2.75) is 26.4 Å². The van der Waals surface area contributed by atoms with E-state index in [-0.39, 0.29) is 5.69 Å². The van der Waals surface area contributed by atoms with Gasteiger partial charge in [-0.3, -0.25) is 0 Å². The third kappa shape index (κ3) is 3.23. The van der Waals surface area contributed by atoms with E-state index in [1.54, 1.807) is 6.07 Å². The van der Waals surface area contributed by atoms with Crippen molar-refractivity contribution >= 4 is 5.97 Å². The van der Waals surface area contributed by atoms with E-state index >= 15 is 0 Å². The van der Waals surface area contributed by atoms with Crippen LogP contribution in [0.4, 0.5) is 0 Å². The maximum atomic E-state index is 11.4. The standard InChI is InChI=1S/C10H12NO2/c1-10(2,3)13-9(12)8-6-4-5-7-11-8/h5-7H,1-3H3. The molecule has 0 bridgehead atoms. The fraction of sp³-hybridized carbons (Fsp3) is 0.400. The number of rotatable bonds is 1. The highest BCUT2D eigenvalue weighted by molar-refractivity contribution is 5.87. The van der Waals surface area contributed by atoms with E-state index in [2.05, 4.69) is 11.1 Å². The lowest BCUT2D eigenvalue weighted by molar-refractivity contribution is 0.00628. The average Bonchev–Trinajstić information content (AvgIpc) is 2.03. The van der Waals surface area contributed by atoms with Crippen molar-refractivity contribution in [2.75, 3.05) is 0 Å². The van der Waals surface area contributed by atoms with Crippen molar-refractivity contribution in [3.63, 3.8) is 0 Å². The first-order valence-electron chi connectivity index (χ1n) is 4.04. The first-order valence-corrected chi connectivity index (χ1v) is 4.04. The van der Waals surface area contributed by atoms with E-state index in [1.165, 1.54) is 12.3 Å². The number of nitrogens with zero attached hydrogens (tertiary/aromatic N) is 1. The number of ether oxygens (including phenoxy) is 1. The van der Waals surface area contributed by atoms with Gasteiger partial charge in [0.05, 0.1) is 0 Å². The molecule has 0 saturated heterocycles. The van der Waals surface area contributed by atoms with Crippen LogP contribution in [0.2, 0.25) is 0 Å². The summed E-state index contributed by atoms with van der Waals surface area (Å²) in [6.07, 6.45) is 1.51. The molecule has 13 heavy (non-hydrogen) atoms. The Hall–Kier alpha value is -1.38. The molecule has 0 aromatic carbocycles. The molecule has 0 fully saturated rings. The van der Waals surface area contributed by atoms with Crippen LogP contribution in [-0.2, 0) is 4.74 Å². The summed E-state index contributed by atoms with van der Waals surface area (Å²) >= 11 is 0. The highest BCUT2D eigenvalue weighted by atomic mass is 16.6. The molecule has 1 radical (unpaired) electrons. The Labute approximate surface area is 77.8 Å². The van der Waals surface area contributed by atoms with Crippen LogP contribution in [0.3, 0.4) is 0 Å². The van der Waals surface area contributed by atoms with Crippen molar-refractivity contribution in [1.82, 2.24) is 4.98 Å². The maximum Gasteiger partial charge on any atom is 0.357 e. The van der Waals surface area contributed by atoms with Gasteiger partial charge in [-0.05, 0) is 39.0 Å². The molecule has 0 aliphatic carbocycles. The van der Waals surface area contributed by atoms with Gasteiger partial charge in [-0.15, -0.1) is 0 Å². The molecule has 3 nitrogen and oxygen atoms in total. The molecule has 1 heterocycles.